The highest BCUT2D eigenvalue weighted by atomic mass is 19.4. The second-order valence-corrected chi connectivity index (χ2v) is 11.6. The Hall–Kier alpha value is -4.25. The van der Waals surface area contributed by atoms with Gasteiger partial charge in [0.1, 0.15) is 41.2 Å². The van der Waals surface area contributed by atoms with Gasteiger partial charge in [0.05, 0.1) is 33.9 Å². The molecule has 3 rings (SSSR count). The maximum absolute atomic E-state index is 13.6. The van der Waals surface area contributed by atoms with Crippen LogP contribution in [0, 0.1) is 11.3 Å². The molecule has 1 aromatic carbocycles. The number of amides is 1. The Kier molecular flexibility index (Phi) is 13.5. The standard InChI is InChI=1S/C27H34F3N5O6.C2HF3O2/c1-35(2,3)20-9-8-17(12-18(20)14-31)24(38)32-10-6-4-5-7-11-33-25(39)19(27(28,29)30)15-34(26(33)40)23-13-21(37)22(16-36)41-23;3-2(4,5)1(6)7/h8-9,12,15,21-23,36-37H,4-7,10-11,13,16H2,1-3H3;(H,6,7)/t21-,22+,23+;/m0./s1. The molecule has 2 heterocycles. The molecular formula is C29H35F6N5O8. The highest BCUT2D eigenvalue weighted by Gasteiger charge is 2.40. The molecule has 0 unspecified atom stereocenters. The summed E-state index contributed by atoms with van der Waals surface area (Å²) < 4.78 is 79.2. The number of carbonyl (C=O) groups is 2. The van der Waals surface area contributed by atoms with Gasteiger partial charge in [0.15, 0.2) is 0 Å². The second kappa shape index (κ2) is 16.2. The number of aliphatic hydroxyl groups excluding tert-OH is 2. The van der Waals surface area contributed by atoms with Crippen molar-refractivity contribution in [1.82, 2.24) is 18.9 Å². The van der Waals surface area contributed by atoms with Crippen LogP contribution >= 0.6 is 0 Å². The summed E-state index contributed by atoms with van der Waals surface area (Å²) in [6.07, 6.45) is -11.7. The summed E-state index contributed by atoms with van der Waals surface area (Å²) >= 11 is 0. The van der Waals surface area contributed by atoms with Gasteiger partial charge >= 0.3 is 18.0 Å². The molecule has 48 heavy (non-hydrogen) atoms. The van der Waals surface area contributed by atoms with E-state index in [9.17, 15) is 56.2 Å². The van der Waals surface area contributed by atoms with Gasteiger partial charge in [-0.2, -0.15) is 31.6 Å². The molecule has 0 spiro atoms. The number of aliphatic carboxylic acids is 1. The Morgan fingerprint density at radius 2 is 1.71 bits per heavy atom. The van der Waals surface area contributed by atoms with Gasteiger partial charge in [0.25, 0.3) is 11.5 Å². The zero-order chi connectivity index (χ0) is 36.6. The number of carboxylic acids is 1. The first-order valence-electron chi connectivity index (χ1n) is 14.4. The van der Waals surface area contributed by atoms with E-state index in [2.05, 4.69) is 11.4 Å². The first-order chi connectivity index (χ1) is 22.1. The van der Waals surface area contributed by atoms with Crippen LogP contribution in [-0.4, -0.2) is 83.9 Å². The molecule has 0 radical (unpaired) electrons. The van der Waals surface area contributed by atoms with E-state index >= 15 is 0 Å². The number of ether oxygens (including phenoxy) is 1. The number of carboxylic acid groups (broad SMARTS) is 1. The van der Waals surface area contributed by atoms with Crippen molar-refractivity contribution < 1.29 is 56.0 Å². The van der Waals surface area contributed by atoms with Crippen LogP contribution in [0.5, 0.6) is 0 Å². The average molecular weight is 696 g/mol. The highest BCUT2D eigenvalue weighted by molar-refractivity contribution is 5.95. The lowest BCUT2D eigenvalue weighted by molar-refractivity contribution is -0.344. The summed E-state index contributed by atoms with van der Waals surface area (Å²) in [6, 6.07) is 7.04. The minimum Gasteiger partial charge on any atom is -0.542 e. The second-order valence-electron chi connectivity index (χ2n) is 11.6. The fourth-order valence-corrected chi connectivity index (χ4v) is 4.67. The largest absolute Gasteiger partial charge is 0.542 e. The monoisotopic (exact) mass is 695 g/mol. The molecule has 1 fully saturated rings. The molecule has 1 aromatic heterocycles. The number of alkyl halides is 6. The number of hydrogen-bond acceptors (Lipinski definition) is 9. The van der Waals surface area contributed by atoms with E-state index in [-0.39, 0.29) is 25.3 Å². The van der Waals surface area contributed by atoms with Crippen molar-refractivity contribution in [2.75, 3.05) is 34.3 Å². The number of nitrogens with zero attached hydrogens (tertiary/aromatic N) is 4. The number of aromatic nitrogens is 2. The van der Waals surface area contributed by atoms with Crippen LogP contribution in [-0.2, 0) is 22.3 Å². The third kappa shape index (κ3) is 10.6. The Balaban J connectivity index is 0.00000103. The first kappa shape index (κ1) is 39.9. The Bertz CT molecular complexity index is 1610. The number of carbonyl (C=O) groups excluding carboxylic acids is 2. The van der Waals surface area contributed by atoms with Crippen LogP contribution in [0.15, 0.2) is 34.0 Å². The Morgan fingerprint density at radius 3 is 2.21 bits per heavy atom. The van der Waals surface area contributed by atoms with Crippen LogP contribution in [0.25, 0.3) is 0 Å². The van der Waals surface area contributed by atoms with Gasteiger partial charge in [-0.15, -0.1) is 0 Å². The van der Waals surface area contributed by atoms with Gasteiger partial charge in [0, 0.05) is 37.3 Å². The zero-order valence-electron chi connectivity index (χ0n) is 26.1. The Labute approximate surface area is 269 Å². The van der Waals surface area contributed by atoms with Crippen LogP contribution in [0.1, 0.15) is 59.8 Å². The molecular weight excluding hydrogens is 660 g/mol. The molecule has 1 aliphatic rings. The number of aliphatic hydroxyl groups is 2. The quantitative estimate of drug-likeness (QED) is 0.175. The van der Waals surface area contributed by atoms with Crippen molar-refractivity contribution in [3.05, 3.63) is 61.9 Å². The number of benzene rings is 1. The van der Waals surface area contributed by atoms with Crippen molar-refractivity contribution in [2.45, 2.75) is 69.4 Å². The van der Waals surface area contributed by atoms with E-state index in [4.69, 9.17) is 14.6 Å². The molecule has 0 bridgehead atoms. The fraction of sp³-hybridized carbons (Fsp3) is 0.552. The molecule has 1 amide bonds. The number of rotatable bonds is 11. The first-order valence-corrected chi connectivity index (χ1v) is 14.4. The molecule has 3 atom stereocenters. The lowest BCUT2D eigenvalue weighted by Crippen LogP contribution is -2.44. The number of nitriles is 1. The number of unbranched alkanes of at least 4 members (excludes halogenated alkanes) is 3. The van der Waals surface area contributed by atoms with Crippen LogP contribution in [0.4, 0.5) is 32.0 Å². The van der Waals surface area contributed by atoms with E-state index in [1.54, 1.807) is 12.1 Å². The number of hydrogen-bond donors (Lipinski definition) is 3. The average Bonchev–Trinajstić information content (AvgIpc) is 3.36. The summed E-state index contributed by atoms with van der Waals surface area (Å²) in [4.78, 5) is 46.7. The van der Waals surface area contributed by atoms with Gasteiger partial charge in [-0.1, -0.05) is 12.8 Å². The van der Waals surface area contributed by atoms with E-state index in [1.165, 1.54) is 6.07 Å². The number of nitrogens with one attached hydrogen (secondary N) is 1. The summed E-state index contributed by atoms with van der Waals surface area (Å²) in [5, 5.41) is 40.2. The van der Waals surface area contributed by atoms with E-state index < -0.39 is 60.2 Å². The normalized spacial score (nSPS) is 18.1. The molecule has 1 aliphatic heterocycles. The minimum atomic E-state index is -5.19. The lowest BCUT2D eigenvalue weighted by Gasteiger charge is -2.24. The van der Waals surface area contributed by atoms with Gasteiger partial charge in [0.2, 0.25) is 0 Å². The molecule has 266 valence electrons. The zero-order valence-corrected chi connectivity index (χ0v) is 26.1. The third-order valence-corrected chi connectivity index (χ3v) is 7.12. The molecule has 1 saturated heterocycles. The summed E-state index contributed by atoms with van der Waals surface area (Å²) in [5.41, 5.74) is -2.46. The third-order valence-electron chi connectivity index (χ3n) is 7.12. The molecule has 0 aliphatic carbocycles. The predicted molar refractivity (Wildman–Crippen MR) is 154 cm³/mol. The van der Waals surface area contributed by atoms with E-state index in [0.29, 0.717) is 56.7 Å². The van der Waals surface area contributed by atoms with Crippen molar-refractivity contribution in [2.24, 2.45) is 0 Å². The van der Waals surface area contributed by atoms with Crippen LogP contribution in [0.2, 0.25) is 0 Å². The van der Waals surface area contributed by atoms with E-state index in [0.717, 1.165) is 5.69 Å². The molecule has 0 saturated carbocycles. The summed E-state index contributed by atoms with van der Waals surface area (Å²) in [7, 11) is 5.74. The summed E-state index contributed by atoms with van der Waals surface area (Å²) in [5.74, 6) is -3.35. The molecule has 19 heteroatoms. The van der Waals surface area contributed by atoms with Gasteiger partial charge in [-0.25, -0.2) is 4.79 Å². The van der Waals surface area contributed by atoms with Crippen LogP contribution < -0.4 is 26.2 Å². The number of quaternary nitrogens is 1. The molecule has 2 aromatic rings. The van der Waals surface area contributed by atoms with Gasteiger partial charge in [-0.3, -0.25) is 23.2 Å². The maximum atomic E-state index is 13.6. The van der Waals surface area contributed by atoms with Crippen molar-refractivity contribution in [3.8, 4) is 6.07 Å². The van der Waals surface area contributed by atoms with Crippen molar-refractivity contribution in [3.63, 3.8) is 0 Å². The molecule has 3 N–H and O–H groups in total. The fourth-order valence-electron chi connectivity index (χ4n) is 4.67. The number of halogens is 6. The lowest BCUT2D eigenvalue weighted by atomic mass is 10.1. The van der Waals surface area contributed by atoms with Gasteiger partial charge in [-0.05, 0) is 25.0 Å². The molecule has 13 nitrogen and oxygen atoms in total. The Morgan fingerprint density at radius 1 is 1.10 bits per heavy atom. The van der Waals surface area contributed by atoms with Crippen molar-refractivity contribution >= 4 is 17.6 Å². The minimum absolute atomic E-state index is 0.218. The summed E-state index contributed by atoms with van der Waals surface area (Å²) in [6.45, 7) is -0.522. The van der Waals surface area contributed by atoms with Crippen LogP contribution in [0.3, 0.4) is 0 Å². The SMILES string of the molecule is C[N+](C)(C)c1ccc(C(=O)NCCCCCCn2c(=O)c(C(F)(F)F)cn([C@H]3C[C@H](O)[C@@H](CO)O3)c2=O)cc1C#N.O=C([O-])C(F)(F)F. The topological polar surface area (TPSA) is 187 Å². The smallest absolute Gasteiger partial charge is 0.430 e. The highest BCUT2D eigenvalue weighted by Crippen LogP contribution is 2.30. The van der Waals surface area contributed by atoms with Gasteiger partial charge < -0.3 is 30.2 Å². The maximum Gasteiger partial charge on any atom is 0.430 e. The van der Waals surface area contributed by atoms with Crippen molar-refractivity contribution in [1.29, 1.82) is 5.26 Å². The van der Waals surface area contributed by atoms with E-state index in [1.807, 2.05) is 21.1 Å². The predicted octanol–water partition coefficient (Wildman–Crippen LogP) is 1.03.